The van der Waals surface area contributed by atoms with Crippen LogP contribution in [0.15, 0.2) is 0 Å². The molecule has 0 saturated carbocycles. The van der Waals surface area contributed by atoms with Gasteiger partial charge in [-0.3, -0.25) is 4.66 Å². The maximum Gasteiger partial charge on any atom is 0.0579 e. The van der Waals surface area contributed by atoms with Crippen LogP contribution in [0.1, 0.15) is 0 Å². The quantitative estimate of drug-likeness (QED) is 0.415. The fraction of sp³-hybridized carbons (Fsp3) is 1.00. The molecule has 0 aromatic carbocycles. The molecule has 0 aliphatic carbocycles. The molecule has 0 aromatic rings. The molecule has 1 fully saturated rings. The number of hydrogen-bond acceptors (Lipinski definition) is 3. The van der Waals surface area contributed by atoms with Crippen LogP contribution in [-0.2, 0) is 0 Å². The third-order valence-corrected chi connectivity index (χ3v) is 0.957. The molecule has 0 unspecified atom stereocenters. The third kappa shape index (κ3) is 4.33. The van der Waals surface area contributed by atoms with Crippen LogP contribution in [0, 0.1) is 0 Å². The Kier molecular flexibility index (Phi) is 7.32. The molecule has 50 valence electrons. The lowest BCUT2D eigenvalue weighted by atomic mass is 10.4. The molecule has 1 rings (SSSR count). The largest absolute Gasteiger partial charge is 0.314 e. The minimum atomic E-state index is 1.14. The van der Waals surface area contributed by atoms with Crippen molar-refractivity contribution in [2.45, 2.75) is 0 Å². The van der Waals surface area contributed by atoms with Crippen LogP contribution < -0.4 is 10.6 Å². The molecule has 4 heteroatoms. The Hall–Kier alpha value is 0.170. The van der Waals surface area contributed by atoms with E-state index < -0.39 is 0 Å². The van der Waals surface area contributed by atoms with Crippen molar-refractivity contribution >= 4 is 11.9 Å². The van der Waals surface area contributed by atoms with Gasteiger partial charge in [0.15, 0.2) is 0 Å². The molecule has 1 heterocycles. The lowest BCUT2D eigenvalue weighted by Crippen LogP contribution is -2.39. The van der Waals surface area contributed by atoms with E-state index in [1.165, 1.54) is 0 Å². The topological polar surface area (TPSA) is 44.3 Å². The fourth-order valence-electron chi connectivity index (χ4n) is 0.604. The monoisotopic (exact) mass is 138 g/mol. The number of piperazine rings is 1. The van der Waals surface area contributed by atoms with E-state index in [0.29, 0.717) is 0 Å². The van der Waals surface area contributed by atoms with Gasteiger partial charge in [-0.05, 0) is 0 Å². The third-order valence-electron chi connectivity index (χ3n) is 0.957. The second kappa shape index (κ2) is 7.17. The zero-order valence-electron chi connectivity index (χ0n) is 4.65. The van der Waals surface area contributed by atoms with Crippen LogP contribution >= 0.6 is 11.9 Å². The molecule has 0 atom stereocenters. The summed E-state index contributed by atoms with van der Waals surface area (Å²) in [4.78, 5) is 0. The van der Waals surface area contributed by atoms with Crippen molar-refractivity contribution in [3.05, 3.63) is 0 Å². The highest BCUT2D eigenvalue weighted by molar-refractivity contribution is 6.04. The van der Waals surface area contributed by atoms with Crippen molar-refractivity contribution in [2.24, 2.45) is 0 Å². The molecule has 0 spiro atoms. The summed E-state index contributed by atoms with van der Waals surface area (Å²) in [6, 6.07) is 0. The van der Waals surface area contributed by atoms with Crippen LogP contribution in [0.25, 0.3) is 0 Å². The van der Waals surface area contributed by atoms with E-state index in [9.17, 15) is 0 Å². The highest BCUT2D eigenvalue weighted by Crippen LogP contribution is 1.65. The number of halogens is 1. The van der Waals surface area contributed by atoms with Crippen LogP contribution in [0.5, 0.6) is 0 Å². The summed E-state index contributed by atoms with van der Waals surface area (Å²) in [7, 11) is 0. The Morgan fingerprint density at radius 3 is 1.25 bits per heavy atom. The minimum Gasteiger partial charge on any atom is -0.314 e. The van der Waals surface area contributed by atoms with Crippen molar-refractivity contribution < 1.29 is 4.66 Å². The lowest BCUT2D eigenvalue weighted by molar-refractivity contribution is 0.534. The van der Waals surface area contributed by atoms with Gasteiger partial charge in [-0.15, -0.1) is 0 Å². The molecule has 3 N–H and O–H groups in total. The smallest absolute Gasteiger partial charge is 0.0579 e. The zero-order chi connectivity index (χ0) is 6.24. The van der Waals surface area contributed by atoms with Gasteiger partial charge in [0.25, 0.3) is 0 Å². The Morgan fingerprint density at radius 1 is 0.875 bits per heavy atom. The fourth-order valence-corrected chi connectivity index (χ4v) is 0.604. The molecule has 3 nitrogen and oxygen atoms in total. The zero-order valence-corrected chi connectivity index (χ0v) is 5.41. The Balaban J connectivity index is 0.000000222. The summed E-state index contributed by atoms with van der Waals surface area (Å²) in [6.07, 6.45) is 0. The summed E-state index contributed by atoms with van der Waals surface area (Å²) < 4.78 is 6.47. The maximum absolute atomic E-state index is 6.47. The second-order valence-corrected chi connectivity index (χ2v) is 1.50. The molecule has 1 saturated heterocycles. The van der Waals surface area contributed by atoms with E-state index in [-0.39, 0.29) is 0 Å². The first-order valence-corrected chi connectivity index (χ1v) is 2.92. The number of rotatable bonds is 0. The molecule has 0 amide bonds. The van der Waals surface area contributed by atoms with Crippen molar-refractivity contribution in [3.8, 4) is 0 Å². The summed E-state index contributed by atoms with van der Waals surface area (Å²) >= 11 is 3.64. The Bertz CT molecular complexity index is 29.5. The van der Waals surface area contributed by atoms with E-state index in [2.05, 4.69) is 22.5 Å². The van der Waals surface area contributed by atoms with Gasteiger partial charge in [0.05, 0.1) is 11.9 Å². The molecular formula is C4H11ClN2O. The van der Waals surface area contributed by atoms with Crippen molar-refractivity contribution in [1.82, 2.24) is 10.6 Å². The molecular weight excluding hydrogens is 128 g/mol. The second-order valence-electron chi connectivity index (χ2n) is 1.50. The number of hydrogen-bond donors (Lipinski definition) is 3. The van der Waals surface area contributed by atoms with Crippen LogP contribution in [0.2, 0.25) is 0 Å². The first-order chi connectivity index (χ1) is 4.00. The van der Waals surface area contributed by atoms with E-state index >= 15 is 0 Å². The summed E-state index contributed by atoms with van der Waals surface area (Å²) in [6.45, 7) is 4.56. The van der Waals surface area contributed by atoms with E-state index in [0.717, 1.165) is 26.2 Å². The Morgan fingerprint density at radius 2 is 1.12 bits per heavy atom. The van der Waals surface area contributed by atoms with E-state index in [1.54, 1.807) is 0 Å². The highest BCUT2D eigenvalue weighted by atomic mass is 35.5. The van der Waals surface area contributed by atoms with Gasteiger partial charge in [0.2, 0.25) is 0 Å². The summed E-state index contributed by atoms with van der Waals surface area (Å²) in [5.74, 6) is 0. The van der Waals surface area contributed by atoms with Crippen molar-refractivity contribution in [3.63, 3.8) is 0 Å². The normalized spacial score (nSPS) is 18.8. The van der Waals surface area contributed by atoms with Gasteiger partial charge in [0.1, 0.15) is 0 Å². The minimum absolute atomic E-state index is 1.14. The van der Waals surface area contributed by atoms with Crippen LogP contribution in [-0.4, -0.2) is 30.8 Å². The van der Waals surface area contributed by atoms with Crippen LogP contribution in [0.4, 0.5) is 0 Å². The average molecular weight is 139 g/mol. The first-order valence-electron chi connectivity index (χ1n) is 2.58. The molecule has 0 aromatic heterocycles. The standard InChI is InChI=1S/C4H10N2.ClHO/c1-2-6-4-3-5-1;1-2/h5-6H,1-4H2;2H. The van der Waals surface area contributed by atoms with Gasteiger partial charge < -0.3 is 10.6 Å². The molecule has 8 heavy (non-hydrogen) atoms. The molecule has 0 radical (unpaired) electrons. The number of nitrogens with one attached hydrogen (secondary N) is 2. The van der Waals surface area contributed by atoms with Gasteiger partial charge >= 0.3 is 0 Å². The molecule has 1 aliphatic heterocycles. The molecule has 0 bridgehead atoms. The average Bonchev–Trinajstić information content (AvgIpc) is 1.96. The van der Waals surface area contributed by atoms with Crippen molar-refractivity contribution in [1.29, 1.82) is 0 Å². The Labute approximate surface area is 54.2 Å². The van der Waals surface area contributed by atoms with Gasteiger partial charge in [-0.25, -0.2) is 0 Å². The molecule has 1 aliphatic rings. The predicted molar refractivity (Wildman–Crippen MR) is 33.8 cm³/mol. The maximum atomic E-state index is 6.47. The highest BCUT2D eigenvalue weighted by Gasteiger charge is 1.91. The lowest BCUT2D eigenvalue weighted by Gasteiger charge is -2.11. The summed E-state index contributed by atoms with van der Waals surface area (Å²) in [5, 5.41) is 6.44. The van der Waals surface area contributed by atoms with Gasteiger partial charge in [0, 0.05) is 26.2 Å². The van der Waals surface area contributed by atoms with Crippen molar-refractivity contribution in [2.75, 3.05) is 26.2 Å². The van der Waals surface area contributed by atoms with Gasteiger partial charge in [-0.1, -0.05) is 0 Å². The van der Waals surface area contributed by atoms with E-state index in [4.69, 9.17) is 4.66 Å². The predicted octanol–water partition coefficient (Wildman–Crippen LogP) is -0.688. The van der Waals surface area contributed by atoms with E-state index in [1.807, 2.05) is 0 Å². The van der Waals surface area contributed by atoms with Crippen LogP contribution in [0.3, 0.4) is 0 Å². The first kappa shape index (κ1) is 8.17. The summed E-state index contributed by atoms with van der Waals surface area (Å²) in [5.41, 5.74) is 0. The SMILES string of the molecule is C1CNCCN1.OCl. The van der Waals surface area contributed by atoms with Gasteiger partial charge in [-0.2, -0.15) is 0 Å².